The lowest BCUT2D eigenvalue weighted by Crippen LogP contribution is -2.17. The summed E-state index contributed by atoms with van der Waals surface area (Å²) >= 11 is 1.49. The fraction of sp³-hybridized carbons (Fsp3) is 0.150. The third kappa shape index (κ3) is 2.73. The number of aromatic nitrogens is 6. The molecule has 5 rings (SSSR count). The Bertz CT molecular complexity index is 1420. The van der Waals surface area contributed by atoms with Crippen LogP contribution in [0.3, 0.4) is 0 Å². The highest BCUT2D eigenvalue weighted by molar-refractivity contribution is 7.98. The number of thioether (sulfide) groups is 1. The van der Waals surface area contributed by atoms with Crippen molar-refractivity contribution < 1.29 is 0 Å². The third-order valence-electron chi connectivity index (χ3n) is 4.54. The van der Waals surface area contributed by atoms with E-state index in [1.165, 1.54) is 11.8 Å². The lowest BCUT2D eigenvalue weighted by atomic mass is 10.2. The molecule has 5 aromatic rings. The molecule has 0 atom stereocenters. The molecule has 0 saturated carbocycles. The molecular weight excluding hydrogens is 372 g/mol. The number of fused-ring (bicyclic) bond motifs is 4. The molecule has 1 aromatic carbocycles. The summed E-state index contributed by atoms with van der Waals surface area (Å²) in [5.41, 5.74) is 3.80. The highest BCUT2D eigenvalue weighted by atomic mass is 32.2. The first-order chi connectivity index (χ1) is 13.6. The van der Waals surface area contributed by atoms with E-state index in [0.717, 1.165) is 27.4 Å². The Hall–Kier alpha value is -3.26. The van der Waals surface area contributed by atoms with Crippen LogP contribution < -0.4 is 5.56 Å². The molecule has 0 fully saturated rings. The summed E-state index contributed by atoms with van der Waals surface area (Å²) in [6, 6.07) is 15.1. The summed E-state index contributed by atoms with van der Waals surface area (Å²) in [4.78, 5) is 26.4. The van der Waals surface area contributed by atoms with Gasteiger partial charge in [0.1, 0.15) is 11.5 Å². The minimum Gasteiger partial charge on any atom is -0.269 e. The maximum atomic E-state index is 12.5. The molecule has 4 aromatic heterocycles. The Morgan fingerprint density at radius 1 is 1.00 bits per heavy atom. The second kappa shape index (κ2) is 6.42. The van der Waals surface area contributed by atoms with Crippen LogP contribution in [-0.2, 0) is 5.75 Å². The standard InChI is InChI=1S/C20H16N6OS/c1-12-6-5-9-17-22-14(10-18(27)25(12)17)11-28-20-23-16-8-4-3-7-15(16)19-21-13(2)24-26(19)20/h3-10H,11H2,1-2H3. The second-order valence-electron chi connectivity index (χ2n) is 6.54. The van der Waals surface area contributed by atoms with Crippen LogP contribution in [0.15, 0.2) is 58.5 Å². The van der Waals surface area contributed by atoms with Crippen molar-refractivity contribution in [3.05, 3.63) is 76.1 Å². The van der Waals surface area contributed by atoms with Gasteiger partial charge in [-0.05, 0) is 38.1 Å². The van der Waals surface area contributed by atoms with Crippen molar-refractivity contribution >= 4 is 34.0 Å². The van der Waals surface area contributed by atoms with Crippen LogP contribution in [-0.4, -0.2) is 29.0 Å². The van der Waals surface area contributed by atoms with E-state index in [9.17, 15) is 4.79 Å². The summed E-state index contributed by atoms with van der Waals surface area (Å²) in [6.45, 7) is 3.76. The first-order valence-corrected chi connectivity index (χ1v) is 9.82. The number of benzene rings is 1. The van der Waals surface area contributed by atoms with Crippen LogP contribution in [0.25, 0.3) is 22.2 Å². The lowest BCUT2D eigenvalue weighted by Gasteiger charge is -2.08. The average Bonchev–Trinajstić information content (AvgIpc) is 3.08. The molecule has 0 aliphatic carbocycles. The number of rotatable bonds is 3. The van der Waals surface area contributed by atoms with E-state index in [0.29, 0.717) is 22.9 Å². The summed E-state index contributed by atoms with van der Waals surface area (Å²) in [5.74, 6) is 1.21. The van der Waals surface area contributed by atoms with Gasteiger partial charge in [-0.2, -0.15) is 4.52 Å². The van der Waals surface area contributed by atoms with Crippen molar-refractivity contribution in [2.75, 3.05) is 0 Å². The predicted octanol–water partition coefficient (Wildman–Crippen LogP) is 3.19. The molecule has 7 nitrogen and oxygen atoms in total. The summed E-state index contributed by atoms with van der Waals surface area (Å²) in [7, 11) is 0. The predicted molar refractivity (Wildman–Crippen MR) is 109 cm³/mol. The summed E-state index contributed by atoms with van der Waals surface area (Å²) in [5, 5.41) is 6.18. The van der Waals surface area contributed by atoms with Crippen molar-refractivity contribution in [3.63, 3.8) is 0 Å². The summed E-state index contributed by atoms with van der Waals surface area (Å²) < 4.78 is 3.38. The molecular formula is C20H16N6OS. The number of para-hydroxylation sites is 1. The fourth-order valence-electron chi connectivity index (χ4n) is 3.30. The molecule has 0 saturated heterocycles. The molecule has 0 unspecified atom stereocenters. The van der Waals surface area contributed by atoms with E-state index in [-0.39, 0.29) is 5.56 Å². The van der Waals surface area contributed by atoms with Crippen LogP contribution in [0.5, 0.6) is 0 Å². The van der Waals surface area contributed by atoms with Gasteiger partial charge in [-0.25, -0.2) is 15.0 Å². The van der Waals surface area contributed by atoms with Gasteiger partial charge in [0.15, 0.2) is 10.8 Å². The maximum absolute atomic E-state index is 12.5. The van der Waals surface area contributed by atoms with Crippen molar-refractivity contribution in [3.8, 4) is 0 Å². The van der Waals surface area contributed by atoms with E-state index in [4.69, 9.17) is 4.98 Å². The Labute approximate surface area is 164 Å². The molecule has 0 N–H and O–H groups in total. The Morgan fingerprint density at radius 2 is 1.86 bits per heavy atom. The maximum Gasteiger partial charge on any atom is 0.258 e. The van der Waals surface area contributed by atoms with E-state index in [2.05, 4.69) is 15.1 Å². The fourth-order valence-corrected chi connectivity index (χ4v) is 4.14. The first-order valence-electron chi connectivity index (χ1n) is 8.83. The van der Waals surface area contributed by atoms with Crippen molar-refractivity contribution in [1.29, 1.82) is 0 Å². The molecule has 0 aliphatic heterocycles. The number of nitrogens with zero attached hydrogens (tertiary/aromatic N) is 6. The normalized spacial score (nSPS) is 11.6. The van der Waals surface area contributed by atoms with E-state index in [1.807, 2.05) is 56.3 Å². The topological polar surface area (TPSA) is 77.5 Å². The van der Waals surface area contributed by atoms with Crippen LogP contribution in [0.2, 0.25) is 0 Å². The number of hydrogen-bond acceptors (Lipinski definition) is 6. The molecule has 138 valence electrons. The first kappa shape index (κ1) is 16.9. The van der Waals surface area contributed by atoms with Crippen LogP contribution in [0.1, 0.15) is 17.2 Å². The van der Waals surface area contributed by atoms with E-state index >= 15 is 0 Å². The highest BCUT2D eigenvalue weighted by Crippen LogP contribution is 2.25. The molecule has 0 bridgehead atoms. The quantitative estimate of drug-likeness (QED) is 0.349. The van der Waals surface area contributed by atoms with E-state index < -0.39 is 0 Å². The largest absolute Gasteiger partial charge is 0.269 e. The minimum atomic E-state index is -0.0769. The monoisotopic (exact) mass is 388 g/mol. The molecule has 0 radical (unpaired) electrons. The van der Waals surface area contributed by atoms with Gasteiger partial charge in [0.05, 0.1) is 11.2 Å². The Morgan fingerprint density at radius 3 is 2.75 bits per heavy atom. The van der Waals surface area contributed by atoms with Crippen LogP contribution >= 0.6 is 11.8 Å². The van der Waals surface area contributed by atoms with Gasteiger partial charge >= 0.3 is 0 Å². The van der Waals surface area contributed by atoms with Crippen molar-refractivity contribution in [2.45, 2.75) is 24.8 Å². The molecule has 8 heteroatoms. The number of hydrogen-bond donors (Lipinski definition) is 0. The van der Waals surface area contributed by atoms with Crippen molar-refractivity contribution in [2.24, 2.45) is 0 Å². The average molecular weight is 388 g/mol. The van der Waals surface area contributed by atoms with Gasteiger partial charge < -0.3 is 0 Å². The van der Waals surface area contributed by atoms with E-state index in [1.54, 1.807) is 15.0 Å². The molecule has 28 heavy (non-hydrogen) atoms. The smallest absolute Gasteiger partial charge is 0.258 e. The lowest BCUT2D eigenvalue weighted by molar-refractivity contribution is 0.796. The molecule has 4 heterocycles. The molecule has 0 aliphatic rings. The third-order valence-corrected chi connectivity index (χ3v) is 5.50. The highest BCUT2D eigenvalue weighted by Gasteiger charge is 2.13. The number of pyridine rings is 1. The zero-order valence-corrected chi connectivity index (χ0v) is 16.1. The molecule has 0 amide bonds. The van der Waals surface area contributed by atoms with Gasteiger partial charge in [-0.1, -0.05) is 30.0 Å². The van der Waals surface area contributed by atoms with Gasteiger partial charge in [0.25, 0.3) is 5.56 Å². The Kier molecular flexibility index (Phi) is 3.87. The SMILES string of the molecule is Cc1nc2c3ccccc3nc(SCc3cc(=O)n4c(C)cccc4n3)n2n1. The van der Waals surface area contributed by atoms with Gasteiger partial charge in [-0.3, -0.25) is 9.20 Å². The number of aryl methyl sites for hydroxylation is 2. The minimum absolute atomic E-state index is 0.0769. The van der Waals surface area contributed by atoms with Gasteiger partial charge in [0.2, 0.25) is 0 Å². The zero-order chi connectivity index (χ0) is 19.3. The van der Waals surface area contributed by atoms with Crippen LogP contribution in [0.4, 0.5) is 0 Å². The summed E-state index contributed by atoms with van der Waals surface area (Å²) in [6.07, 6.45) is 0. The van der Waals surface area contributed by atoms with Crippen LogP contribution in [0, 0.1) is 13.8 Å². The second-order valence-corrected chi connectivity index (χ2v) is 7.48. The van der Waals surface area contributed by atoms with Crippen molar-refractivity contribution in [1.82, 2.24) is 29.0 Å². The van der Waals surface area contributed by atoms with Gasteiger partial charge in [-0.15, -0.1) is 5.10 Å². The zero-order valence-electron chi connectivity index (χ0n) is 15.3. The Balaban J connectivity index is 1.57. The van der Waals surface area contributed by atoms with Gasteiger partial charge in [0, 0.05) is 22.9 Å². The molecule has 0 spiro atoms.